The Labute approximate surface area is 129 Å². The number of benzene rings is 1. The minimum atomic E-state index is -3.87. The van der Waals surface area contributed by atoms with Crippen LogP contribution >= 0.6 is 11.8 Å². The summed E-state index contributed by atoms with van der Waals surface area (Å²) in [6.07, 6.45) is 2.57. The monoisotopic (exact) mass is 332 g/mol. The first kappa shape index (κ1) is 16.6. The molecule has 21 heavy (non-hydrogen) atoms. The number of nitrogens with two attached hydrogens (primary N) is 1. The zero-order valence-electron chi connectivity index (χ0n) is 12.2. The van der Waals surface area contributed by atoms with Crippen molar-refractivity contribution in [3.8, 4) is 0 Å². The molecule has 0 amide bonds. The van der Waals surface area contributed by atoms with Gasteiger partial charge in [-0.3, -0.25) is 0 Å². The van der Waals surface area contributed by atoms with Gasteiger partial charge in [0.1, 0.15) is 10.7 Å². The van der Waals surface area contributed by atoms with Gasteiger partial charge < -0.3 is 5.73 Å². The maximum Gasteiger partial charge on any atom is 0.243 e. The van der Waals surface area contributed by atoms with Crippen LogP contribution in [0.4, 0.5) is 10.1 Å². The minimum absolute atomic E-state index is 0.124. The Hall–Kier alpha value is -0.790. The molecular weight excluding hydrogens is 311 g/mol. The molecule has 4 nitrogen and oxygen atoms in total. The number of anilines is 1. The predicted octanol–water partition coefficient (Wildman–Crippen LogP) is 2.67. The summed E-state index contributed by atoms with van der Waals surface area (Å²) >= 11 is 1.84. The fraction of sp³-hybridized carbons (Fsp3) is 0.571. The minimum Gasteiger partial charge on any atom is -0.398 e. The van der Waals surface area contributed by atoms with Gasteiger partial charge in [0, 0.05) is 17.0 Å². The Morgan fingerprint density at radius 1 is 1.43 bits per heavy atom. The molecule has 2 atom stereocenters. The smallest absolute Gasteiger partial charge is 0.243 e. The van der Waals surface area contributed by atoms with Gasteiger partial charge in [-0.05, 0) is 49.6 Å². The van der Waals surface area contributed by atoms with E-state index in [9.17, 15) is 12.8 Å². The molecule has 0 heterocycles. The van der Waals surface area contributed by atoms with E-state index < -0.39 is 15.8 Å². The number of hydrogen-bond donors (Lipinski definition) is 2. The molecule has 0 aromatic heterocycles. The lowest BCUT2D eigenvalue weighted by molar-refractivity contribution is 0.537. The van der Waals surface area contributed by atoms with Crippen LogP contribution in [0.15, 0.2) is 17.0 Å². The van der Waals surface area contributed by atoms with Gasteiger partial charge in [0.05, 0.1) is 0 Å². The lowest BCUT2D eigenvalue weighted by Gasteiger charge is -2.15. The van der Waals surface area contributed by atoms with Crippen molar-refractivity contribution in [1.29, 1.82) is 0 Å². The number of halogens is 1. The maximum atomic E-state index is 13.9. The van der Waals surface area contributed by atoms with Crippen molar-refractivity contribution in [3.63, 3.8) is 0 Å². The lowest BCUT2D eigenvalue weighted by Crippen LogP contribution is -2.33. The number of hydrogen-bond acceptors (Lipinski definition) is 4. The summed E-state index contributed by atoms with van der Waals surface area (Å²) in [5, 5.41) is 0.482. The molecule has 1 aliphatic carbocycles. The van der Waals surface area contributed by atoms with Crippen molar-refractivity contribution >= 4 is 27.5 Å². The summed E-state index contributed by atoms with van der Waals surface area (Å²) in [7, 11) is -3.87. The van der Waals surface area contributed by atoms with Gasteiger partial charge in [-0.15, -0.1) is 0 Å². The molecule has 0 spiro atoms. The van der Waals surface area contributed by atoms with E-state index in [0.717, 1.165) is 31.1 Å². The van der Waals surface area contributed by atoms with E-state index in [0.29, 0.717) is 10.8 Å². The van der Waals surface area contributed by atoms with Crippen LogP contribution in [0, 0.1) is 12.7 Å². The van der Waals surface area contributed by atoms with Gasteiger partial charge in [-0.1, -0.05) is 6.92 Å². The molecule has 0 saturated heterocycles. The third kappa shape index (κ3) is 3.90. The van der Waals surface area contributed by atoms with Crippen LogP contribution in [0.1, 0.15) is 31.7 Å². The van der Waals surface area contributed by atoms with Gasteiger partial charge in [0.2, 0.25) is 10.0 Å². The maximum absolute atomic E-state index is 13.9. The first-order chi connectivity index (χ1) is 9.83. The summed E-state index contributed by atoms with van der Waals surface area (Å²) in [5.41, 5.74) is 6.51. The SMILES string of the molecule is CCSC1CCC(NS(=O)(=O)c2cc(N)c(C)cc2F)C1. The van der Waals surface area contributed by atoms with Crippen LogP contribution in [0.3, 0.4) is 0 Å². The molecular formula is C14H21FN2O2S2. The van der Waals surface area contributed by atoms with Crippen LogP contribution in [0.2, 0.25) is 0 Å². The van der Waals surface area contributed by atoms with Crippen LogP contribution in [0.5, 0.6) is 0 Å². The molecule has 2 unspecified atom stereocenters. The van der Waals surface area contributed by atoms with Gasteiger partial charge in [-0.2, -0.15) is 11.8 Å². The highest BCUT2D eigenvalue weighted by Crippen LogP contribution is 2.31. The van der Waals surface area contributed by atoms with E-state index in [1.165, 1.54) is 6.07 Å². The predicted molar refractivity (Wildman–Crippen MR) is 85.4 cm³/mol. The summed E-state index contributed by atoms with van der Waals surface area (Å²) < 4.78 is 41.2. The van der Waals surface area contributed by atoms with E-state index in [1.54, 1.807) is 6.92 Å². The number of nitrogen functional groups attached to an aromatic ring is 1. The van der Waals surface area contributed by atoms with Gasteiger partial charge in [-0.25, -0.2) is 17.5 Å². The van der Waals surface area contributed by atoms with Crippen LogP contribution in [-0.2, 0) is 10.0 Å². The van der Waals surface area contributed by atoms with E-state index in [2.05, 4.69) is 11.6 Å². The largest absolute Gasteiger partial charge is 0.398 e. The molecule has 1 aromatic carbocycles. The molecule has 1 aromatic rings. The van der Waals surface area contributed by atoms with Crippen molar-refractivity contribution < 1.29 is 12.8 Å². The number of sulfonamides is 1. The highest BCUT2D eigenvalue weighted by molar-refractivity contribution is 7.99. The Balaban J connectivity index is 2.14. The molecule has 7 heteroatoms. The Kier molecular flexibility index (Phi) is 5.16. The van der Waals surface area contributed by atoms with Crippen LogP contribution < -0.4 is 10.5 Å². The molecule has 3 N–H and O–H groups in total. The van der Waals surface area contributed by atoms with Crippen molar-refractivity contribution in [1.82, 2.24) is 4.72 Å². The zero-order chi connectivity index (χ0) is 15.6. The van der Waals surface area contributed by atoms with E-state index >= 15 is 0 Å². The summed E-state index contributed by atoms with van der Waals surface area (Å²) in [6, 6.07) is 2.23. The number of rotatable bonds is 5. The molecule has 1 saturated carbocycles. The topological polar surface area (TPSA) is 72.2 Å². The number of thioether (sulfide) groups is 1. The average Bonchev–Trinajstić information content (AvgIpc) is 2.80. The highest BCUT2D eigenvalue weighted by atomic mass is 32.2. The molecule has 1 fully saturated rings. The van der Waals surface area contributed by atoms with Crippen molar-refractivity contribution in [2.24, 2.45) is 0 Å². The normalized spacial score (nSPS) is 22.6. The fourth-order valence-electron chi connectivity index (χ4n) is 2.59. The Bertz CT molecular complexity index is 620. The van der Waals surface area contributed by atoms with Gasteiger partial charge in [0.25, 0.3) is 0 Å². The van der Waals surface area contributed by atoms with Gasteiger partial charge in [0.15, 0.2) is 0 Å². The van der Waals surface area contributed by atoms with E-state index in [4.69, 9.17) is 5.73 Å². The fourth-order valence-corrected chi connectivity index (χ4v) is 5.11. The second-order valence-electron chi connectivity index (χ2n) is 5.35. The Morgan fingerprint density at radius 2 is 2.14 bits per heavy atom. The molecule has 2 rings (SSSR count). The quantitative estimate of drug-likeness (QED) is 0.813. The number of nitrogens with one attached hydrogen (secondary N) is 1. The van der Waals surface area contributed by atoms with Crippen molar-refractivity contribution in [2.75, 3.05) is 11.5 Å². The van der Waals surface area contributed by atoms with E-state index in [-0.39, 0.29) is 16.6 Å². The molecule has 0 bridgehead atoms. The summed E-state index contributed by atoms with van der Waals surface area (Å²) in [6.45, 7) is 3.73. The first-order valence-corrected chi connectivity index (χ1v) is 9.56. The summed E-state index contributed by atoms with van der Waals surface area (Å²) in [4.78, 5) is -0.364. The zero-order valence-corrected chi connectivity index (χ0v) is 13.9. The highest BCUT2D eigenvalue weighted by Gasteiger charge is 2.30. The third-order valence-corrected chi connectivity index (χ3v) is 6.49. The third-order valence-electron chi connectivity index (χ3n) is 3.72. The Morgan fingerprint density at radius 3 is 2.81 bits per heavy atom. The average molecular weight is 332 g/mol. The second-order valence-corrected chi connectivity index (χ2v) is 8.61. The standard InChI is InChI=1S/C14H21FN2O2S2/c1-3-20-11-5-4-10(7-11)17-21(18,19)14-8-13(16)9(2)6-12(14)15/h6,8,10-11,17H,3-5,7,16H2,1-2H3. The molecule has 118 valence electrons. The lowest BCUT2D eigenvalue weighted by atomic mass is 10.2. The summed E-state index contributed by atoms with van der Waals surface area (Å²) in [5.74, 6) is 0.263. The van der Waals surface area contributed by atoms with Gasteiger partial charge >= 0.3 is 0 Å². The molecule has 1 aliphatic rings. The van der Waals surface area contributed by atoms with Crippen molar-refractivity contribution in [3.05, 3.63) is 23.5 Å². The van der Waals surface area contributed by atoms with Crippen LogP contribution in [0.25, 0.3) is 0 Å². The van der Waals surface area contributed by atoms with Crippen molar-refractivity contribution in [2.45, 2.75) is 49.3 Å². The second kappa shape index (κ2) is 6.54. The van der Waals surface area contributed by atoms with E-state index in [1.807, 2.05) is 11.8 Å². The number of aryl methyl sites for hydroxylation is 1. The van der Waals surface area contributed by atoms with Crippen LogP contribution in [-0.4, -0.2) is 25.5 Å². The first-order valence-electron chi connectivity index (χ1n) is 7.03. The molecule has 0 aliphatic heterocycles. The molecule has 0 radical (unpaired) electrons.